The number of nitro groups is 1. The van der Waals surface area contributed by atoms with Crippen LogP contribution in [-0.2, 0) is 21.1 Å². The first-order valence-electron chi connectivity index (χ1n) is 9.22. The van der Waals surface area contributed by atoms with E-state index < -0.39 is 20.4 Å². The third-order valence-corrected chi connectivity index (χ3v) is 6.27. The second-order valence-electron chi connectivity index (χ2n) is 7.15. The van der Waals surface area contributed by atoms with Crippen LogP contribution in [0.1, 0.15) is 11.1 Å². The average Bonchev–Trinajstić information content (AvgIpc) is 2.68. The number of nitrogens with zero attached hydrogens (tertiary/aromatic N) is 3. The van der Waals surface area contributed by atoms with Gasteiger partial charge in [-0.25, -0.2) is 8.42 Å². The van der Waals surface area contributed by atoms with Gasteiger partial charge in [-0.15, -0.1) is 0 Å². The van der Waals surface area contributed by atoms with E-state index in [0.29, 0.717) is 38.3 Å². The average molecular weight is 417 g/mol. The number of anilines is 1. The summed E-state index contributed by atoms with van der Waals surface area (Å²) in [4.78, 5) is 26.5. The number of rotatable bonds is 5. The third kappa shape index (κ3) is 4.73. The van der Waals surface area contributed by atoms with Crippen molar-refractivity contribution in [2.45, 2.75) is 18.2 Å². The zero-order chi connectivity index (χ0) is 21.2. The number of benzene rings is 2. The predicted molar refractivity (Wildman–Crippen MR) is 110 cm³/mol. The Morgan fingerprint density at radius 1 is 1.10 bits per heavy atom. The van der Waals surface area contributed by atoms with Crippen molar-refractivity contribution in [2.75, 3.05) is 37.3 Å². The van der Waals surface area contributed by atoms with Gasteiger partial charge >= 0.3 is 0 Å². The number of hydrogen-bond donors (Lipinski definition) is 0. The van der Waals surface area contributed by atoms with Crippen LogP contribution < -0.4 is 4.90 Å². The van der Waals surface area contributed by atoms with Crippen molar-refractivity contribution in [2.24, 2.45) is 0 Å². The maximum absolute atomic E-state index is 12.6. The molecule has 1 fully saturated rings. The van der Waals surface area contributed by atoms with Crippen molar-refractivity contribution >= 4 is 27.1 Å². The van der Waals surface area contributed by atoms with Crippen molar-refractivity contribution in [3.05, 3.63) is 63.7 Å². The van der Waals surface area contributed by atoms with Crippen LogP contribution in [0.5, 0.6) is 0 Å². The maximum atomic E-state index is 12.6. The maximum Gasteiger partial charge on any atom is 0.288 e. The number of carbonyl (C=O) groups excluding carboxylic acids is 1. The molecule has 0 N–H and O–H groups in total. The fourth-order valence-corrected chi connectivity index (χ4v) is 4.30. The first-order chi connectivity index (χ1) is 13.7. The van der Waals surface area contributed by atoms with Crippen LogP contribution in [0.4, 0.5) is 11.4 Å². The van der Waals surface area contributed by atoms with Crippen LogP contribution in [0.3, 0.4) is 0 Å². The second kappa shape index (κ2) is 8.20. The molecule has 29 heavy (non-hydrogen) atoms. The molecule has 0 bridgehead atoms. The lowest BCUT2D eigenvalue weighted by atomic mass is 10.1. The molecule has 8 nitrogen and oxygen atoms in total. The number of carbonyl (C=O) groups is 1. The molecule has 0 aliphatic carbocycles. The first-order valence-corrected chi connectivity index (χ1v) is 11.1. The van der Waals surface area contributed by atoms with Gasteiger partial charge in [-0.1, -0.05) is 24.3 Å². The molecule has 1 aliphatic heterocycles. The van der Waals surface area contributed by atoms with E-state index in [1.807, 2.05) is 36.1 Å². The van der Waals surface area contributed by atoms with Gasteiger partial charge < -0.3 is 9.80 Å². The van der Waals surface area contributed by atoms with Crippen LogP contribution >= 0.6 is 0 Å². The number of sulfone groups is 1. The van der Waals surface area contributed by atoms with E-state index in [9.17, 15) is 23.3 Å². The van der Waals surface area contributed by atoms with Gasteiger partial charge in [0, 0.05) is 44.2 Å². The Hall–Kier alpha value is -2.94. The Kier molecular flexibility index (Phi) is 5.88. The lowest BCUT2D eigenvalue weighted by Gasteiger charge is -2.36. The van der Waals surface area contributed by atoms with Gasteiger partial charge in [-0.3, -0.25) is 14.9 Å². The van der Waals surface area contributed by atoms with E-state index in [1.54, 1.807) is 11.0 Å². The molecule has 0 unspecified atom stereocenters. The minimum Gasteiger partial charge on any atom is -0.368 e. The van der Waals surface area contributed by atoms with Gasteiger partial charge in [0.05, 0.1) is 11.3 Å². The Morgan fingerprint density at radius 2 is 1.76 bits per heavy atom. The molecule has 0 atom stereocenters. The highest BCUT2D eigenvalue weighted by atomic mass is 32.2. The summed E-state index contributed by atoms with van der Waals surface area (Å²) in [6.07, 6.45) is 1.31. The number of nitro benzene ring substituents is 1. The van der Waals surface area contributed by atoms with Crippen molar-refractivity contribution in [3.63, 3.8) is 0 Å². The van der Waals surface area contributed by atoms with Gasteiger partial charge in [-0.05, 0) is 30.2 Å². The van der Waals surface area contributed by atoms with Gasteiger partial charge in [-0.2, -0.15) is 0 Å². The summed E-state index contributed by atoms with van der Waals surface area (Å²) in [5.74, 6) is 0.0551. The van der Waals surface area contributed by atoms with Gasteiger partial charge in [0.25, 0.3) is 5.69 Å². The molecule has 0 spiro atoms. The SMILES string of the molecule is Cc1ccccc1CC(=O)N1CCN(c2ccc([N+](=O)[O-])c(S(C)(=O)=O)c2)CC1. The summed E-state index contributed by atoms with van der Waals surface area (Å²) in [5.41, 5.74) is 2.26. The van der Waals surface area contributed by atoms with Gasteiger partial charge in [0.1, 0.15) is 4.90 Å². The van der Waals surface area contributed by atoms with E-state index in [0.717, 1.165) is 17.4 Å². The lowest BCUT2D eigenvalue weighted by Crippen LogP contribution is -2.49. The number of hydrogen-bond acceptors (Lipinski definition) is 6. The highest BCUT2D eigenvalue weighted by molar-refractivity contribution is 7.90. The van der Waals surface area contributed by atoms with Crippen LogP contribution in [0.15, 0.2) is 47.4 Å². The molecule has 154 valence electrons. The normalized spacial score (nSPS) is 14.7. The van der Waals surface area contributed by atoms with Gasteiger partial charge in [0.15, 0.2) is 9.84 Å². The smallest absolute Gasteiger partial charge is 0.288 e. The van der Waals surface area contributed by atoms with E-state index >= 15 is 0 Å². The quantitative estimate of drug-likeness (QED) is 0.546. The Bertz CT molecular complexity index is 1040. The number of piperazine rings is 1. The summed E-state index contributed by atoms with van der Waals surface area (Å²) >= 11 is 0. The molecule has 9 heteroatoms. The second-order valence-corrected chi connectivity index (χ2v) is 9.14. The van der Waals surface area contributed by atoms with Crippen molar-refractivity contribution in [1.29, 1.82) is 0 Å². The lowest BCUT2D eigenvalue weighted by molar-refractivity contribution is -0.387. The summed E-state index contributed by atoms with van der Waals surface area (Å²) in [7, 11) is -3.74. The highest BCUT2D eigenvalue weighted by Gasteiger charge is 2.26. The summed E-state index contributed by atoms with van der Waals surface area (Å²) in [6, 6.07) is 11.9. The predicted octanol–water partition coefficient (Wildman–Crippen LogP) is 2.20. The molecule has 1 aliphatic rings. The summed E-state index contributed by atoms with van der Waals surface area (Å²) < 4.78 is 23.9. The Labute approximate surface area is 169 Å². The fourth-order valence-electron chi connectivity index (χ4n) is 3.44. The van der Waals surface area contributed by atoms with Crippen LogP contribution in [0.25, 0.3) is 0 Å². The summed E-state index contributed by atoms with van der Waals surface area (Å²) in [6.45, 7) is 4.06. The Balaban J connectivity index is 1.70. The van der Waals surface area contributed by atoms with Crippen molar-refractivity contribution < 1.29 is 18.1 Å². The van der Waals surface area contributed by atoms with Crippen LogP contribution in [0.2, 0.25) is 0 Å². The monoisotopic (exact) mass is 417 g/mol. The third-order valence-electron chi connectivity index (χ3n) is 5.14. The van der Waals surface area contributed by atoms with E-state index in [-0.39, 0.29) is 10.8 Å². The molecule has 0 saturated carbocycles. The van der Waals surface area contributed by atoms with E-state index in [2.05, 4.69) is 0 Å². The fraction of sp³-hybridized carbons (Fsp3) is 0.350. The molecule has 0 aromatic heterocycles. The molecule has 3 rings (SSSR count). The van der Waals surface area contributed by atoms with Crippen molar-refractivity contribution in [3.8, 4) is 0 Å². The van der Waals surface area contributed by atoms with Gasteiger partial charge in [0.2, 0.25) is 5.91 Å². The summed E-state index contributed by atoms with van der Waals surface area (Å²) in [5, 5.41) is 11.1. The molecule has 1 amide bonds. The number of amides is 1. The first kappa shape index (κ1) is 20.8. The molecule has 2 aromatic carbocycles. The molecule has 1 heterocycles. The van der Waals surface area contributed by atoms with Crippen LogP contribution in [-0.4, -0.2) is 56.6 Å². The molecule has 1 saturated heterocycles. The van der Waals surface area contributed by atoms with Crippen molar-refractivity contribution in [1.82, 2.24) is 4.90 Å². The standard InChI is InChI=1S/C20H23N3O5S/c1-15-5-3-4-6-16(15)13-20(24)22-11-9-21(10-12-22)17-7-8-18(23(25)26)19(14-17)29(2,27)28/h3-8,14H,9-13H2,1-2H3. The minimum absolute atomic E-state index is 0.0551. The molecule has 0 radical (unpaired) electrons. The number of aryl methyl sites for hydroxylation is 1. The molecular formula is C20H23N3O5S. The Morgan fingerprint density at radius 3 is 2.34 bits per heavy atom. The largest absolute Gasteiger partial charge is 0.368 e. The zero-order valence-corrected chi connectivity index (χ0v) is 17.2. The van der Waals surface area contributed by atoms with Crippen LogP contribution in [0, 0.1) is 17.0 Å². The van der Waals surface area contributed by atoms with E-state index in [4.69, 9.17) is 0 Å². The highest BCUT2D eigenvalue weighted by Crippen LogP contribution is 2.29. The molecular weight excluding hydrogens is 394 g/mol. The minimum atomic E-state index is -3.74. The zero-order valence-electron chi connectivity index (χ0n) is 16.4. The topological polar surface area (TPSA) is 101 Å². The van der Waals surface area contributed by atoms with E-state index in [1.165, 1.54) is 12.1 Å². The molecule has 2 aromatic rings.